The van der Waals surface area contributed by atoms with Crippen LogP contribution in [0.15, 0.2) is 30.5 Å². The summed E-state index contributed by atoms with van der Waals surface area (Å²) in [6.07, 6.45) is 2.85. The average molecular weight is 458 g/mol. The SMILES string of the molecule is CCCC[C@@H](Nc1nc(Nc2ccc3cnn(C)c3c2)c(C(N)=O)cc1F)[C@H](C)NC(=O)O. The van der Waals surface area contributed by atoms with Gasteiger partial charge >= 0.3 is 6.09 Å². The maximum Gasteiger partial charge on any atom is 0.404 e. The maximum absolute atomic E-state index is 14.8. The largest absolute Gasteiger partial charge is 0.465 e. The fourth-order valence-electron chi connectivity index (χ4n) is 3.57. The van der Waals surface area contributed by atoms with E-state index in [0.29, 0.717) is 12.1 Å². The standard InChI is InChI=1S/C22H28FN7O3/c1-4-5-6-17(12(2)26-22(32)33)28-21-16(23)10-15(19(24)31)20(29-21)27-14-8-7-13-11-25-30(3)18(13)9-14/h7-12,17,26H,4-6H2,1-3H3,(H2,24,31)(H,32,33)(H2,27,28,29)/t12-,17+/m0/s1. The number of carboxylic acid groups (broad SMARTS) is 1. The van der Waals surface area contributed by atoms with Crippen molar-refractivity contribution in [3.05, 3.63) is 41.8 Å². The van der Waals surface area contributed by atoms with Crippen molar-refractivity contribution in [2.45, 2.75) is 45.2 Å². The number of pyridine rings is 1. The zero-order valence-electron chi connectivity index (χ0n) is 18.7. The third-order valence-corrected chi connectivity index (χ3v) is 5.40. The van der Waals surface area contributed by atoms with Crippen LogP contribution in [0.5, 0.6) is 0 Å². The van der Waals surface area contributed by atoms with Gasteiger partial charge < -0.3 is 26.8 Å². The topological polar surface area (TPSA) is 147 Å². The Labute approximate surface area is 190 Å². The summed E-state index contributed by atoms with van der Waals surface area (Å²) in [5.41, 5.74) is 6.82. The van der Waals surface area contributed by atoms with E-state index < -0.39 is 29.9 Å². The number of primary amides is 1. The lowest BCUT2D eigenvalue weighted by Gasteiger charge is -2.26. The van der Waals surface area contributed by atoms with E-state index in [-0.39, 0.29) is 17.2 Å². The normalized spacial score (nSPS) is 12.8. The minimum Gasteiger partial charge on any atom is -0.465 e. The van der Waals surface area contributed by atoms with Crippen molar-refractivity contribution in [3.63, 3.8) is 0 Å². The number of aromatic nitrogens is 3. The van der Waals surface area contributed by atoms with Crippen LogP contribution in [0.3, 0.4) is 0 Å². The predicted molar refractivity (Wildman–Crippen MR) is 124 cm³/mol. The van der Waals surface area contributed by atoms with Crippen LogP contribution in [0, 0.1) is 5.82 Å². The molecule has 2 heterocycles. The molecule has 0 unspecified atom stereocenters. The highest BCUT2D eigenvalue weighted by molar-refractivity contribution is 5.99. The first-order valence-corrected chi connectivity index (χ1v) is 10.6. The quantitative estimate of drug-likeness (QED) is 0.313. The van der Waals surface area contributed by atoms with Gasteiger partial charge in [0, 0.05) is 30.2 Å². The second-order valence-electron chi connectivity index (χ2n) is 7.88. The summed E-state index contributed by atoms with van der Waals surface area (Å²) in [4.78, 5) is 27.3. The number of hydrogen-bond donors (Lipinski definition) is 5. The van der Waals surface area contributed by atoms with Gasteiger partial charge in [-0.15, -0.1) is 0 Å². The highest BCUT2D eigenvalue weighted by Gasteiger charge is 2.23. The molecule has 0 bridgehead atoms. The minimum atomic E-state index is -1.17. The fourth-order valence-corrected chi connectivity index (χ4v) is 3.57. The Kier molecular flexibility index (Phi) is 7.31. The number of halogens is 1. The van der Waals surface area contributed by atoms with Crippen molar-refractivity contribution in [1.82, 2.24) is 20.1 Å². The van der Waals surface area contributed by atoms with Crippen molar-refractivity contribution in [3.8, 4) is 0 Å². The molecular formula is C22H28FN7O3. The lowest BCUT2D eigenvalue weighted by atomic mass is 10.0. The van der Waals surface area contributed by atoms with Gasteiger partial charge in [0.15, 0.2) is 11.6 Å². The number of fused-ring (bicyclic) bond motifs is 1. The van der Waals surface area contributed by atoms with Crippen LogP contribution in [0.4, 0.5) is 26.5 Å². The second-order valence-corrected chi connectivity index (χ2v) is 7.88. The molecule has 6 N–H and O–H groups in total. The van der Waals surface area contributed by atoms with Gasteiger partial charge in [-0.05, 0) is 37.6 Å². The molecular weight excluding hydrogens is 429 g/mol. The lowest BCUT2D eigenvalue weighted by Crippen LogP contribution is -2.44. The Morgan fingerprint density at radius 2 is 2.03 bits per heavy atom. The Hall–Kier alpha value is -3.89. The molecule has 2 aromatic heterocycles. The molecule has 0 saturated heterocycles. The van der Waals surface area contributed by atoms with Crippen molar-refractivity contribution in [2.75, 3.05) is 10.6 Å². The molecule has 0 saturated carbocycles. The number of anilines is 3. The first kappa shape index (κ1) is 23.8. The summed E-state index contributed by atoms with van der Waals surface area (Å²) < 4.78 is 16.6. The van der Waals surface area contributed by atoms with Gasteiger partial charge in [0.05, 0.1) is 17.3 Å². The first-order chi connectivity index (χ1) is 15.7. The predicted octanol–water partition coefficient (Wildman–Crippen LogP) is 3.58. The van der Waals surface area contributed by atoms with E-state index >= 15 is 0 Å². The molecule has 10 nitrogen and oxygen atoms in total. The Morgan fingerprint density at radius 3 is 2.70 bits per heavy atom. The molecule has 0 aliphatic heterocycles. The van der Waals surface area contributed by atoms with Crippen LogP contribution in [-0.4, -0.2) is 44.0 Å². The van der Waals surface area contributed by atoms with Crippen LogP contribution in [0.25, 0.3) is 10.9 Å². The van der Waals surface area contributed by atoms with Crippen molar-refractivity contribution in [1.29, 1.82) is 0 Å². The molecule has 3 rings (SSSR count). The second kappa shape index (κ2) is 10.2. The molecule has 1 aromatic carbocycles. The number of nitrogens with two attached hydrogens (primary N) is 1. The molecule has 11 heteroatoms. The molecule has 33 heavy (non-hydrogen) atoms. The molecule has 0 aliphatic carbocycles. The fraction of sp³-hybridized carbons (Fsp3) is 0.364. The maximum atomic E-state index is 14.8. The zero-order valence-corrected chi connectivity index (χ0v) is 18.7. The number of amides is 2. The van der Waals surface area contributed by atoms with E-state index in [0.717, 1.165) is 29.8 Å². The number of hydrogen-bond acceptors (Lipinski definition) is 6. The van der Waals surface area contributed by atoms with Crippen LogP contribution < -0.4 is 21.7 Å². The monoisotopic (exact) mass is 457 g/mol. The third-order valence-electron chi connectivity index (χ3n) is 5.40. The number of carbonyl (C=O) groups excluding carboxylic acids is 1. The summed E-state index contributed by atoms with van der Waals surface area (Å²) in [5, 5.41) is 22.6. The molecule has 0 spiro atoms. The van der Waals surface area contributed by atoms with E-state index in [9.17, 15) is 14.0 Å². The van der Waals surface area contributed by atoms with Crippen LogP contribution in [0.1, 0.15) is 43.5 Å². The molecule has 2 atom stereocenters. The minimum absolute atomic E-state index is 0.0843. The molecule has 0 fully saturated rings. The summed E-state index contributed by atoms with van der Waals surface area (Å²) >= 11 is 0. The van der Waals surface area contributed by atoms with E-state index in [1.165, 1.54) is 0 Å². The van der Waals surface area contributed by atoms with E-state index in [4.69, 9.17) is 10.8 Å². The number of unbranched alkanes of at least 4 members (excludes halogenated alkanes) is 1. The molecule has 0 aliphatic rings. The molecule has 3 aromatic rings. The third kappa shape index (κ3) is 5.68. The highest BCUT2D eigenvalue weighted by atomic mass is 19.1. The van der Waals surface area contributed by atoms with Crippen molar-refractivity contribution >= 4 is 40.2 Å². The molecule has 2 amide bonds. The highest BCUT2D eigenvalue weighted by Crippen LogP contribution is 2.27. The smallest absolute Gasteiger partial charge is 0.404 e. The number of carbonyl (C=O) groups is 2. The number of nitrogens with zero attached hydrogens (tertiary/aromatic N) is 3. The Balaban J connectivity index is 1.95. The zero-order chi connectivity index (χ0) is 24.1. The van der Waals surface area contributed by atoms with Crippen LogP contribution in [0.2, 0.25) is 0 Å². The number of rotatable bonds is 10. The van der Waals surface area contributed by atoms with Crippen molar-refractivity contribution < 1.29 is 19.1 Å². The van der Waals surface area contributed by atoms with E-state index in [1.54, 1.807) is 23.9 Å². The van der Waals surface area contributed by atoms with Crippen molar-refractivity contribution in [2.24, 2.45) is 12.8 Å². The first-order valence-electron chi connectivity index (χ1n) is 10.6. The van der Waals surface area contributed by atoms with Gasteiger partial charge in [0.25, 0.3) is 5.91 Å². The van der Waals surface area contributed by atoms with E-state index in [1.807, 2.05) is 26.1 Å². The van der Waals surface area contributed by atoms with Gasteiger partial charge in [-0.1, -0.05) is 19.8 Å². The van der Waals surface area contributed by atoms with Gasteiger partial charge in [-0.25, -0.2) is 14.2 Å². The van der Waals surface area contributed by atoms with Gasteiger partial charge in [0.2, 0.25) is 0 Å². The summed E-state index contributed by atoms with van der Waals surface area (Å²) in [5.74, 6) is -1.62. The molecule has 176 valence electrons. The van der Waals surface area contributed by atoms with Crippen LogP contribution >= 0.6 is 0 Å². The lowest BCUT2D eigenvalue weighted by molar-refractivity contribution is 0.100. The Morgan fingerprint density at radius 1 is 1.27 bits per heavy atom. The van der Waals surface area contributed by atoms with Crippen LogP contribution in [-0.2, 0) is 7.05 Å². The van der Waals surface area contributed by atoms with Gasteiger partial charge in [-0.2, -0.15) is 5.10 Å². The van der Waals surface area contributed by atoms with E-state index in [2.05, 4.69) is 26.0 Å². The summed E-state index contributed by atoms with van der Waals surface area (Å²) in [6.45, 7) is 3.70. The Bertz CT molecular complexity index is 1160. The number of nitrogens with one attached hydrogen (secondary N) is 3. The summed E-state index contributed by atoms with van der Waals surface area (Å²) in [7, 11) is 1.81. The average Bonchev–Trinajstić information content (AvgIpc) is 3.12. The van der Waals surface area contributed by atoms with Gasteiger partial charge in [-0.3, -0.25) is 9.48 Å². The number of benzene rings is 1. The molecule has 0 radical (unpaired) electrons. The summed E-state index contributed by atoms with van der Waals surface area (Å²) in [6, 6.07) is 5.58. The van der Waals surface area contributed by atoms with Gasteiger partial charge in [0.1, 0.15) is 5.82 Å². The number of aryl methyl sites for hydroxylation is 1.